The minimum Gasteiger partial charge on any atom is -0.462 e. The van der Waals surface area contributed by atoms with E-state index < -0.39 is 11.9 Å². The van der Waals surface area contributed by atoms with E-state index in [9.17, 15) is 9.59 Å². The quantitative estimate of drug-likeness (QED) is 0.433. The normalized spacial score (nSPS) is 11.3. The van der Waals surface area contributed by atoms with Gasteiger partial charge in [-0.3, -0.25) is 0 Å². The summed E-state index contributed by atoms with van der Waals surface area (Å²) in [6, 6.07) is 12.6. The van der Waals surface area contributed by atoms with E-state index in [1.54, 1.807) is 13.8 Å². The van der Waals surface area contributed by atoms with E-state index in [1.165, 1.54) is 23.8 Å². The predicted molar refractivity (Wildman–Crippen MR) is 123 cm³/mol. The van der Waals surface area contributed by atoms with Crippen LogP contribution in [0, 0.1) is 0 Å². The number of thiocarbonyl (C=S) groups is 1. The highest BCUT2D eigenvalue weighted by molar-refractivity contribution is 7.80. The van der Waals surface area contributed by atoms with Gasteiger partial charge < -0.3 is 20.1 Å². The van der Waals surface area contributed by atoms with Crippen molar-refractivity contribution < 1.29 is 19.1 Å². The number of hydrogen-bond donors (Lipinski definition) is 2. The molecule has 6 nitrogen and oxygen atoms in total. The van der Waals surface area contributed by atoms with Gasteiger partial charge in [-0.25, -0.2) is 9.59 Å². The molecule has 0 heterocycles. The highest BCUT2D eigenvalue weighted by atomic mass is 32.1. The van der Waals surface area contributed by atoms with Gasteiger partial charge in [-0.15, -0.1) is 0 Å². The van der Waals surface area contributed by atoms with E-state index in [1.807, 2.05) is 12.1 Å². The number of anilines is 2. The van der Waals surface area contributed by atoms with Crippen LogP contribution in [0.1, 0.15) is 66.3 Å². The summed E-state index contributed by atoms with van der Waals surface area (Å²) in [4.78, 5) is 24.4. The van der Waals surface area contributed by atoms with Gasteiger partial charge in [-0.05, 0) is 74.3 Å². The Bertz CT molecular complexity index is 897. The van der Waals surface area contributed by atoms with Crippen LogP contribution in [-0.2, 0) is 9.47 Å². The maximum Gasteiger partial charge on any atom is 0.340 e. The van der Waals surface area contributed by atoms with Crippen molar-refractivity contribution in [2.75, 3.05) is 23.8 Å². The van der Waals surface area contributed by atoms with Crippen molar-refractivity contribution in [1.29, 1.82) is 0 Å². The van der Waals surface area contributed by atoms with Crippen molar-refractivity contribution in [1.82, 2.24) is 0 Å². The molecule has 0 amide bonds. The summed E-state index contributed by atoms with van der Waals surface area (Å²) in [7, 11) is 0. The lowest BCUT2D eigenvalue weighted by Gasteiger charge is -2.15. The molecule has 1 atom stereocenters. The Kier molecular flexibility index (Phi) is 8.80. The first-order valence-corrected chi connectivity index (χ1v) is 10.5. The van der Waals surface area contributed by atoms with Crippen molar-refractivity contribution in [3.63, 3.8) is 0 Å². The summed E-state index contributed by atoms with van der Waals surface area (Å²) < 4.78 is 10.1. The molecule has 0 aromatic heterocycles. The van der Waals surface area contributed by atoms with E-state index >= 15 is 0 Å². The van der Waals surface area contributed by atoms with Gasteiger partial charge in [-0.2, -0.15) is 0 Å². The second kappa shape index (κ2) is 11.3. The lowest BCUT2D eigenvalue weighted by atomic mass is 9.99. The largest absolute Gasteiger partial charge is 0.462 e. The molecule has 0 bridgehead atoms. The number of ether oxygens (including phenoxy) is 2. The van der Waals surface area contributed by atoms with Gasteiger partial charge in [0.15, 0.2) is 5.11 Å². The molecule has 0 spiro atoms. The molecule has 0 radical (unpaired) electrons. The standard InChI is InChI=1S/C23H28N2O4S/c1-5-15(4)16-8-11-18(12-9-16)24-23(30)25-20-14-17(21(26)28-6-2)10-13-19(20)22(27)29-7-3/h8-15H,5-7H2,1-4H3,(H2,24,25,30). The van der Waals surface area contributed by atoms with Crippen molar-refractivity contribution in [2.24, 2.45) is 0 Å². The molecule has 1 unspecified atom stereocenters. The Morgan fingerprint density at radius 1 is 0.933 bits per heavy atom. The zero-order chi connectivity index (χ0) is 22.1. The first-order chi connectivity index (χ1) is 14.4. The minimum atomic E-state index is -0.504. The molecule has 160 valence electrons. The zero-order valence-corrected chi connectivity index (χ0v) is 18.6. The molecular weight excluding hydrogens is 400 g/mol. The molecule has 7 heteroatoms. The fraction of sp³-hybridized carbons (Fsp3) is 0.348. The number of rotatable bonds is 8. The maximum absolute atomic E-state index is 12.3. The molecule has 2 aromatic carbocycles. The molecule has 0 saturated heterocycles. The fourth-order valence-corrected chi connectivity index (χ4v) is 3.02. The molecule has 30 heavy (non-hydrogen) atoms. The second-order valence-electron chi connectivity index (χ2n) is 6.71. The van der Waals surface area contributed by atoms with Crippen molar-refractivity contribution in [3.8, 4) is 0 Å². The maximum atomic E-state index is 12.3. The lowest BCUT2D eigenvalue weighted by molar-refractivity contribution is 0.0512. The molecule has 0 aliphatic rings. The molecule has 0 fully saturated rings. The first kappa shape index (κ1) is 23.3. The van der Waals surface area contributed by atoms with Crippen LogP contribution in [-0.4, -0.2) is 30.3 Å². The van der Waals surface area contributed by atoms with Gasteiger partial charge in [0.05, 0.1) is 30.0 Å². The minimum absolute atomic E-state index is 0.239. The van der Waals surface area contributed by atoms with Gasteiger partial charge >= 0.3 is 11.9 Å². The summed E-state index contributed by atoms with van der Waals surface area (Å²) in [5.41, 5.74) is 3.04. The van der Waals surface area contributed by atoms with E-state index in [0.717, 1.165) is 12.1 Å². The van der Waals surface area contributed by atoms with Crippen molar-refractivity contribution in [2.45, 2.75) is 40.0 Å². The second-order valence-corrected chi connectivity index (χ2v) is 7.12. The van der Waals surface area contributed by atoms with Crippen LogP contribution in [0.15, 0.2) is 42.5 Å². The monoisotopic (exact) mass is 428 g/mol. The molecule has 0 aliphatic carbocycles. The van der Waals surface area contributed by atoms with Crippen molar-refractivity contribution in [3.05, 3.63) is 59.2 Å². The van der Waals surface area contributed by atoms with Crippen LogP contribution < -0.4 is 10.6 Å². The third-order valence-electron chi connectivity index (χ3n) is 4.62. The average molecular weight is 429 g/mol. The Morgan fingerprint density at radius 2 is 1.57 bits per heavy atom. The molecule has 2 N–H and O–H groups in total. The highest BCUT2D eigenvalue weighted by Gasteiger charge is 2.17. The summed E-state index contributed by atoms with van der Waals surface area (Å²) in [6.07, 6.45) is 1.07. The molecule has 0 saturated carbocycles. The van der Waals surface area contributed by atoms with Crippen LogP contribution in [0.3, 0.4) is 0 Å². The van der Waals surface area contributed by atoms with Gasteiger partial charge in [0.1, 0.15) is 0 Å². The Hall–Kier alpha value is -2.93. The number of carbonyl (C=O) groups is 2. The molecular formula is C23H28N2O4S. The number of esters is 2. The third kappa shape index (κ3) is 6.29. The summed E-state index contributed by atoms with van der Waals surface area (Å²) in [5.74, 6) is -0.492. The zero-order valence-electron chi connectivity index (χ0n) is 17.8. The van der Waals surface area contributed by atoms with Crippen LogP contribution >= 0.6 is 12.2 Å². The Labute approximate surface area is 183 Å². The van der Waals surface area contributed by atoms with Crippen LogP contribution in [0.2, 0.25) is 0 Å². The fourth-order valence-electron chi connectivity index (χ4n) is 2.79. The van der Waals surface area contributed by atoms with Gasteiger partial charge in [0.2, 0.25) is 0 Å². The number of hydrogen-bond acceptors (Lipinski definition) is 5. The molecule has 2 aromatic rings. The van der Waals surface area contributed by atoms with E-state index in [4.69, 9.17) is 21.7 Å². The Morgan fingerprint density at radius 3 is 2.17 bits per heavy atom. The lowest BCUT2D eigenvalue weighted by Crippen LogP contribution is -2.21. The average Bonchev–Trinajstić information content (AvgIpc) is 2.74. The molecule has 0 aliphatic heterocycles. The van der Waals surface area contributed by atoms with Crippen LogP contribution in [0.5, 0.6) is 0 Å². The van der Waals surface area contributed by atoms with Gasteiger partial charge in [-0.1, -0.05) is 26.0 Å². The number of benzene rings is 2. The summed E-state index contributed by atoms with van der Waals surface area (Å²) in [5, 5.41) is 6.38. The highest BCUT2D eigenvalue weighted by Crippen LogP contribution is 2.22. The van der Waals surface area contributed by atoms with Gasteiger partial charge in [0, 0.05) is 5.69 Å². The topological polar surface area (TPSA) is 76.7 Å². The van der Waals surface area contributed by atoms with Crippen LogP contribution in [0.25, 0.3) is 0 Å². The Balaban J connectivity index is 2.21. The third-order valence-corrected chi connectivity index (χ3v) is 4.83. The number of carbonyl (C=O) groups excluding carboxylic acids is 2. The summed E-state index contributed by atoms with van der Waals surface area (Å²) in [6.45, 7) is 8.29. The van der Waals surface area contributed by atoms with Crippen molar-refractivity contribution >= 4 is 40.6 Å². The van der Waals surface area contributed by atoms with E-state index in [-0.39, 0.29) is 23.9 Å². The smallest absolute Gasteiger partial charge is 0.340 e. The first-order valence-electron chi connectivity index (χ1n) is 10.1. The van der Waals surface area contributed by atoms with E-state index in [2.05, 4.69) is 36.6 Å². The molecule has 2 rings (SSSR count). The van der Waals surface area contributed by atoms with E-state index in [0.29, 0.717) is 17.2 Å². The van der Waals surface area contributed by atoms with Crippen LogP contribution in [0.4, 0.5) is 11.4 Å². The van der Waals surface area contributed by atoms with Gasteiger partial charge in [0.25, 0.3) is 0 Å². The SMILES string of the molecule is CCOC(=O)c1ccc(C(=O)OCC)c(NC(=S)Nc2ccc(C(C)CC)cc2)c1. The predicted octanol–water partition coefficient (Wildman–Crippen LogP) is 5.36. The number of nitrogens with one attached hydrogen (secondary N) is 2. The summed E-state index contributed by atoms with van der Waals surface area (Å²) >= 11 is 5.41.